The van der Waals surface area contributed by atoms with E-state index in [1.807, 2.05) is 0 Å². The summed E-state index contributed by atoms with van der Waals surface area (Å²) in [6.45, 7) is 3.67. The van der Waals surface area contributed by atoms with Gasteiger partial charge in [-0.05, 0) is 0 Å². The van der Waals surface area contributed by atoms with E-state index in [2.05, 4.69) is 0 Å². The zero-order chi connectivity index (χ0) is 11.3. The zero-order valence-corrected chi connectivity index (χ0v) is 8.78. The van der Waals surface area contributed by atoms with Crippen molar-refractivity contribution in [3.63, 3.8) is 0 Å². The van der Waals surface area contributed by atoms with Gasteiger partial charge in [-0.25, -0.2) is 0 Å². The molecule has 6 nitrogen and oxygen atoms in total. The van der Waals surface area contributed by atoms with Crippen molar-refractivity contribution in [3.05, 3.63) is 0 Å². The van der Waals surface area contributed by atoms with Crippen molar-refractivity contribution >= 4 is 11.9 Å². The van der Waals surface area contributed by atoms with E-state index in [1.165, 1.54) is 0 Å². The molecule has 0 unspecified atom stereocenters. The maximum atomic E-state index is 11.1. The minimum absolute atomic E-state index is 0.151. The summed E-state index contributed by atoms with van der Waals surface area (Å²) >= 11 is 0. The van der Waals surface area contributed by atoms with Gasteiger partial charge in [0.25, 0.3) is 0 Å². The standard InChI is InChI=1S/C9H14O6/c1-3-7(10)14-9(12-5-6-13-9)15-8(11)4-2/h3-6H2,1-2H3. The van der Waals surface area contributed by atoms with Gasteiger partial charge in [0.05, 0.1) is 13.2 Å². The van der Waals surface area contributed by atoms with Gasteiger partial charge in [-0.2, -0.15) is 0 Å². The first-order valence-corrected chi connectivity index (χ1v) is 4.83. The highest BCUT2D eigenvalue weighted by atomic mass is 17.0. The van der Waals surface area contributed by atoms with Crippen molar-refractivity contribution in [2.45, 2.75) is 32.8 Å². The Morgan fingerprint density at radius 1 is 1.07 bits per heavy atom. The molecule has 0 aromatic rings. The fourth-order valence-corrected chi connectivity index (χ4v) is 0.937. The van der Waals surface area contributed by atoms with Crippen LogP contribution in [-0.2, 0) is 28.5 Å². The van der Waals surface area contributed by atoms with Gasteiger partial charge in [-0.1, -0.05) is 13.8 Å². The van der Waals surface area contributed by atoms with Crippen LogP contribution in [0, 0.1) is 0 Å². The molecule has 1 rings (SSSR count). The average Bonchev–Trinajstić information content (AvgIpc) is 2.66. The second-order valence-corrected chi connectivity index (χ2v) is 2.85. The number of rotatable bonds is 4. The van der Waals surface area contributed by atoms with Crippen molar-refractivity contribution in [3.8, 4) is 0 Å². The van der Waals surface area contributed by atoms with E-state index < -0.39 is 18.1 Å². The fourth-order valence-electron chi connectivity index (χ4n) is 0.937. The number of ether oxygens (including phenoxy) is 4. The van der Waals surface area contributed by atoms with Gasteiger partial charge in [0.15, 0.2) is 0 Å². The second-order valence-electron chi connectivity index (χ2n) is 2.85. The monoisotopic (exact) mass is 218 g/mol. The molecular weight excluding hydrogens is 204 g/mol. The average molecular weight is 218 g/mol. The van der Waals surface area contributed by atoms with E-state index in [0.717, 1.165) is 0 Å². The van der Waals surface area contributed by atoms with Crippen LogP contribution >= 0.6 is 0 Å². The predicted octanol–water partition coefficient (Wildman–Crippen LogP) is 0.551. The quantitative estimate of drug-likeness (QED) is 0.507. The molecular formula is C9H14O6. The number of carbonyl (C=O) groups excluding carboxylic acids is 2. The lowest BCUT2D eigenvalue weighted by Crippen LogP contribution is -2.41. The zero-order valence-electron chi connectivity index (χ0n) is 8.78. The molecule has 1 aliphatic heterocycles. The van der Waals surface area contributed by atoms with Gasteiger partial charge in [0.1, 0.15) is 0 Å². The predicted molar refractivity (Wildman–Crippen MR) is 47.4 cm³/mol. The SMILES string of the molecule is CCC(=O)OC1(OC(=O)CC)OCCO1. The smallest absolute Gasteiger partial charge is 0.374 e. The van der Waals surface area contributed by atoms with Crippen molar-refractivity contribution in [1.82, 2.24) is 0 Å². The van der Waals surface area contributed by atoms with E-state index in [1.54, 1.807) is 13.8 Å². The molecule has 86 valence electrons. The highest BCUT2D eigenvalue weighted by Crippen LogP contribution is 2.23. The number of esters is 2. The lowest BCUT2D eigenvalue weighted by atomic mass is 10.5. The van der Waals surface area contributed by atoms with Crippen LogP contribution in [-0.4, -0.2) is 31.3 Å². The molecule has 0 atom stereocenters. The minimum atomic E-state index is -1.96. The lowest BCUT2D eigenvalue weighted by Gasteiger charge is -2.24. The molecule has 1 fully saturated rings. The Kier molecular flexibility index (Phi) is 4.05. The second kappa shape index (κ2) is 5.09. The molecule has 1 saturated heterocycles. The summed E-state index contributed by atoms with van der Waals surface area (Å²) in [5.74, 6) is -1.11. The van der Waals surface area contributed by atoms with E-state index in [-0.39, 0.29) is 26.1 Å². The third-order valence-corrected chi connectivity index (χ3v) is 1.70. The van der Waals surface area contributed by atoms with Gasteiger partial charge in [0.2, 0.25) is 0 Å². The molecule has 1 aliphatic rings. The molecule has 15 heavy (non-hydrogen) atoms. The highest BCUT2D eigenvalue weighted by Gasteiger charge is 2.46. The highest BCUT2D eigenvalue weighted by molar-refractivity contribution is 5.71. The van der Waals surface area contributed by atoms with Crippen LogP contribution in [0.4, 0.5) is 0 Å². The van der Waals surface area contributed by atoms with Crippen LogP contribution in [0.25, 0.3) is 0 Å². The van der Waals surface area contributed by atoms with Gasteiger partial charge in [0, 0.05) is 12.8 Å². The van der Waals surface area contributed by atoms with Crippen molar-refractivity contribution in [2.24, 2.45) is 0 Å². The van der Waals surface area contributed by atoms with Gasteiger partial charge >= 0.3 is 18.1 Å². The van der Waals surface area contributed by atoms with Crippen LogP contribution in [0.1, 0.15) is 26.7 Å². The van der Waals surface area contributed by atoms with Gasteiger partial charge in [-0.3, -0.25) is 19.1 Å². The van der Waals surface area contributed by atoms with E-state index in [4.69, 9.17) is 18.9 Å². The van der Waals surface area contributed by atoms with Crippen molar-refractivity contribution < 1.29 is 28.5 Å². The lowest BCUT2D eigenvalue weighted by molar-refractivity contribution is -0.427. The van der Waals surface area contributed by atoms with E-state index in [9.17, 15) is 9.59 Å². The van der Waals surface area contributed by atoms with Crippen LogP contribution in [0.5, 0.6) is 0 Å². The molecule has 0 bridgehead atoms. The summed E-state index contributed by atoms with van der Waals surface area (Å²) in [5.41, 5.74) is 0. The Bertz CT molecular complexity index is 223. The summed E-state index contributed by atoms with van der Waals surface area (Å²) in [6, 6.07) is 0. The number of hydrogen-bond acceptors (Lipinski definition) is 6. The van der Waals surface area contributed by atoms with E-state index >= 15 is 0 Å². The molecule has 0 aromatic carbocycles. The summed E-state index contributed by atoms with van der Waals surface area (Å²) in [5, 5.41) is 0. The topological polar surface area (TPSA) is 71.1 Å². The molecule has 0 N–H and O–H groups in total. The Hall–Kier alpha value is -1.14. The van der Waals surface area contributed by atoms with Crippen LogP contribution in [0.3, 0.4) is 0 Å². The molecule has 0 saturated carbocycles. The summed E-state index contributed by atoms with van der Waals surface area (Å²) in [4.78, 5) is 22.1. The molecule has 1 heterocycles. The third-order valence-electron chi connectivity index (χ3n) is 1.70. The number of hydrogen-bond donors (Lipinski definition) is 0. The van der Waals surface area contributed by atoms with Gasteiger partial charge in [-0.15, -0.1) is 0 Å². The maximum Gasteiger partial charge on any atom is 0.514 e. The molecule has 6 heteroatoms. The summed E-state index contributed by atoms with van der Waals surface area (Å²) < 4.78 is 19.5. The largest absolute Gasteiger partial charge is 0.514 e. The minimum Gasteiger partial charge on any atom is -0.374 e. The Morgan fingerprint density at radius 3 is 1.80 bits per heavy atom. The van der Waals surface area contributed by atoms with Crippen LogP contribution in [0.2, 0.25) is 0 Å². The first kappa shape index (κ1) is 11.9. The molecule has 0 aliphatic carbocycles. The molecule has 0 spiro atoms. The molecule has 0 amide bonds. The van der Waals surface area contributed by atoms with Gasteiger partial charge < -0.3 is 9.47 Å². The Labute approximate surface area is 87.4 Å². The molecule has 0 aromatic heterocycles. The van der Waals surface area contributed by atoms with Crippen molar-refractivity contribution in [2.75, 3.05) is 13.2 Å². The summed E-state index contributed by atoms with van der Waals surface area (Å²) in [6.07, 6.45) is -1.66. The Balaban J connectivity index is 2.61. The van der Waals surface area contributed by atoms with Crippen LogP contribution < -0.4 is 0 Å². The maximum absolute atomic E-state index is 11.1. The first-order valence-electron chi connectivity index (χ1n) is 4.83. The fraction of sp³-hybridized carbons (Fsp3) is 0.778. The third kappa shape index (κ3) is 3.17. The first-order chi connectivity index (χ1) is 7.12. The Morgan fingerprint density at radius 2 is 1.47 bits per heavy atom. The summed E-state index contributed by atoms with van der Waals surface area (Å²) in [7, 11) is 0. The van der Waals surface area contributed by atoms with E-state index in [0.29, 0.717) is 0 Å². The van der Waals surface area contributed by atoms with Crippen molar-refractivity contribution in [1.29, 1.82) is 0 Å². The van der Waals surface area contributed by atoms with Crippen LogP contribution in [0.15, 0.2) is 0 Å². The normalized spacial score (nSPS) is 18.5. The number of carbonyl (C=O) groups is 2. The molecule has 0 radical (unpaired) electrons.